The molecule has 0 aromatic rings. The van der Waals surface area contributed by atoms with Crippen molar-refractivity contribution in [3.8, 4) is 0 Å². The fraction of sp³-hybridized carbons (Fsp3) is 0.864. The monoisotopic (exact) mass is 430 g/mol. The second-order valence-corrected chi connectivity index (χ2v) is 8.56. The van der Waals surface area contributed by atoms with Gasteiger partial charge in [0.2, 0.25) is 0 Å². The molecule has 0 aliphatic rings. The van der Waals surface area contributed by atoms with Crippen molar-refractivity contribution in [3.63, 3.8) is 0 Å². The molecule has 0 aliphatic heterocycles. The quantitative estimate of drug-likeness (QED) is 0.153. The Bertz CT molecular complexity index is 484. The van der Waals surface area contributed by atoms with Gasteiger partial charge < -0.3 is 10.4 Å². The molecule has 2 amide bonds. The Balaban J connectivity index is 5.29. The topological polar surface area (TPSA) is 72.7 Å². The van der Waals surface area contributed by atoms with Crippen molar-refractivity contribution in [1.29, 1.82) is 0 Å². The fourth-order valence-corrected chi connectivity index (χ4v) is 4.16. The summed E-state index contributed by atoms with van der Waals surface area (Å²) in [6, 6.07) is -0.303. The first-order valence-corrected chi connectivity index (χ1v) is 12.5. The number of rotatable bonds is 16. The lowest BCUT2D eigenvalue weighted by Gasteiger charge is -2.20. The van der Waals surface area contributed by atoms with E-state index in [4.69, 9.17) is 5.11 Å². The van der Waals surface area contributed by atoms with Gasteiger partial charge in [-0.25, -0.2) is 4.79 Å². The molecule has 170 valence electrons. The number of aliphatic carboxylic acids is 1. The van der Waals surface area contributed by atoms with Gasteiger partial charge in [0.25, 0.3) is 0 Å². The zero-order chi connectivity index (χ0) is 21.9. The van der Waals surface area contributed by atoms with E-state index in [-0.39, 0.29) is 12.6 Å². The molecule has 7 heteroatoms. The van der Waals surface area contributed by atoms with Crippen molar-refractivity contribution in [2.75, 3.05) is 31.9 Å². The summed E-state index contributed by atoms with van der Waals surface area (Å²) in [7, 11) is 0. The standard InChI is InChI=1S/C22H43N3O3S/c1-5-9-11-13-15-17-24(7-3)22(29-8-4)25(18-16-14-12-10-6-2)21(28)23-19-20(26)27/h5-19H2,1-4H3,(H-,23,26,27,28)/p+1. The Hall–Kier alpha value is -1.24. The molecule has 6 nitrogen and oxygen atoms in total. The Kier molecular flexibility index (Phi) is 18.0. The zero-order valence-electron chi connectivity index (χ0n) is 19.2. The molecule has 0 atom stereocenters. The van der Waals surface area contributed by atoms with E-state index in [1.54, 1.807) is 16.7 Å². The summed E-state index contributed by atoms with van der Waals surface area (Å²) >= 11 is 1.68. The van der Waals surface area contributed by atoms with Crippen LogP contribution < -0.4 is 5.32 Å². The third kappa shape index (κ3) is 13.6. The number of hydrogen-bond acceptors (Lipinski definition) is 3. The van der Waals surface area contributed by atoms with E-state index in [1.807, 2.05) is 0 Å². The third-order valence-electron chi connectivity index (χ3n) is 4.81. The minimum atomic E-state index is -1.02. The first-order valence-electron chi connectivity index (χ1n) is 11.5. The van der Waals surface area contributed by atoms with Crippen molar-refractivity contribution in [2.45, 2.75) is 91.9 Å². The molecule has 0 unspecified atom stereocenters. The van der Waals surface area contributed by atoms with Crippen LogP contribution in [0, 0.1) is 0 Å². The lowest BCUT2D eigenvalue weighted by molar-refractivity contribution is -0.526. The number of amidine groups is 1. The number of amides is 2. The van der Waals surface area contributed by atoms with Crippen molar-refractivity contribution in [2.24, 2.45) is 0 Å². The highest BCUT2D eigenvalue weighted by molar-refractivity contribution is 8.13. The second kappa shape index (κ2) is 18.8. The maximum absolute atomic E-state index is 12.8. The zero-order valence-corrected chi connectivity index (χ0v) is 20.0. The molecule has 0 fully saturated rings. The number of carboxylic acid groups (broad SMARTS) is 1. The smallest absolute Gasteiger partial charge is 0.409 e. The fourth-order valence-electron chi connectivity index (χ4n) is 3.17. The van der Waals surface area contributed by atoms with Crippen LogP contribution in [0.5, 0.6) is 0 Å². The molecule has 0 rings (SSSR count). The van der Waals surface area contributed by atoms with E-state index >= 15 is 0 Å². The molecule has 0 spiro atoms. The number of carboxylic acids is 1. The van der Waals surface area contributed by atoms with Gasteiger partial charge in [0, 0.05) is 5.75 Å². The molecule has 2 N–H and O–H groups in total. The van der Waals surface area contributed by atoms with Gasteiger partial charge in [-0.2, -0.15) is 4.90 Å². The second-order valence-electron chi connectivity index (χ2n) is 7.33. The number of thioether (sulfide) groups is 1. The van der Waals surface area contributed by atoms with E-state index in [0.29, 0.717) is 6.54 Å². The van der Waals surface area contributed by atoms with Gasteiger partial charge in [0.15, 0.2) is 0 Å². The lowest BCUT2D eigenvalue weighted by atomic mass is 10.1. The summed E-state index contributed by atoms with van der Waals surface area (Å²) in [6.45, 7) is 10.7. The van der Waals surface area contributed by atoms with Crippen LogP contribution in [-0.2, 0) is 4.79 Å². The molecular weight excluding hydrogens is 386 g/mol. The van der Waals surface area contributed by atoms with Gasteiger partial charge in [-0.15, -0.1) is 0 Å². The van der Waals surface area contributed by atoms with Crippen molar-refractivity contribution < 1.29 is 19.3 Å². The summed E-state index contributed by atoms with van der Waals surface area (Å²) in [5.41, 5.74) is 0. The van der Waals surface area contributed by atoms with Crippen LogP contribution in [-0.4, -0.2) is 63.7 Å². The van der Waals surface area contributed by atoms with E-state index < -0.39 is 5.97 Å². The largest absolute Gasteiger partial charge is 0.480 e. The highest BCUT2D eigenvalue weighted by Gasteiger charge is 2.30. The molecule has 0 bridgehead atoms. The lowest BCUT2D eigenvalue weighted by Crippen LogP contribution is -2.48. The maximum Gasteiger partial charge on any atom is 0.409 e. The summed E-state index contributed by atoms with van der Waals surface area (Å²) < 4.78 is 2.28. The van der Waals surface area contributed by atoms with Gasteiger partial charge in [-0.1, -0.05) is 59.3 Å². The van der Waals surface area contributed by atoms with Crippen LogP contribution in [0.4, 0.5) is 4.79 Å². The minimum absolute atomic E-state index is 0.303. The Morgan fingerprint density at radius 2 is 1.48 bits per heavy atom. The predicted octanol–water partition coefficient (Wildman–Crippen LogP) is 5.16. The van der Waals surface area contributed by atoms with E-state index in [2.05, 4.69) is 37.6 Å². The molecule has 0 aromatic heterocycles. The molecule has 0 heterocycles. The average molecular weight is 431 g/mol. The molecular formula is C22H44N3O3S+. The number of hydrogen-bond donors (Lipinski definition) is 2. The summed E-state index contributed by atoms with van der Waals surface area (Å²) in [5, 5.41) is 12.5. The number of urea groups is 1. The first-order chi connectivity index (χ1) is 14.0. The number of nitrogens with one attached hydrogen (secondary N) is 1. The normalized spacial score (nSPS) is 11.9. The van der Waals surface area contributed by atoms with Crippen LogP contribution in [0.15, 0.2) is 0 Å². The molecule has 0 saturated heterocycles. The van der Waals surface area contributed by atoms with Crippen molar-refractivity contribution in [1.82, 2.24) is 10.2 Å². The number of nitrogens with zero attached hydrogens (tertiary/aromatic N) is 2. The minimum Gasteiger partial charge on any atom is -0.480 e. The Labute approximate surface area is 182 Å². The van der Waals surface area contributed by atoms with Crippen LogP contribution in [0.3, 0.4) is 0 Å². The predicted molar refractivity (Wildman–Crippen MR) is 124 cm³/mol. The van der Waals surface area contributed by atoms with Gasteiger partial charge in [-0.3, -0.25) is 9.37 Å². The van der Waals surface area contributed by atoms with Crippen LogP contribution in [0.25, 0.3) is 0 Å². The molecule has 0 radical (unpaired) electrons. The third-order valence-corrected chi connectivity index (χ3v) is 5.83. The SMILES string of the molecule is CCCCCCCN(C(=O)NCC(=O)O)C(SCC)=[N+](CC)CCCCCCC. The maximum atomic E-state index is 12.8. The molecule has 29 heavy (non-hydrogen) atoms. The summed E-state index contributed by atoms with van der Waals surface area (Å²) in [5.74, 6) is -0.144. The van der Waals surface area contributed by atoms with Crippen molar-refractivity contribution >= 4 is 28.9 Å². The first kappa shape index (κ1) is 27.8. The summed E-state index contributed by atoms with van der Waals surface area (Å²) in [4.78, 5) is 25.5. The average Bonchev–Trinajstić information content (AvgIpc) is 2.70. The number of carbonyl (C=O) groups is 2. The molecule has 0 aromatic carbocycles. The van der Waals surface area contributed by atoms with Gasteiger partial charge in [0.05, 0.1) is 19.6 Å². The highest BCUT2D eigenvalue weighted by Crippen LogP contribution is 2.13. The summed E-state index contributed by atoms with van der Waals surface area (Å²) in [6.07, 6.45) is 11.7. The van der Waals surface area contributed by atoms with Crippen LogP contribution in [0.2, 0.25) is 0 Å². The van der Waals surface area contributed by atoms with E-state index in [9.17, 15) is 9.59 Å². The van der Waals surface area contributed by atoms with Crippen LogP contribution in [0.1, 0.15) is 91.9 Å². The molecule has 0 saturated carbocycles. The van der Waals surface area contributed by atoms with Crippen LogP contribution >= 0.6 is 11.8 Å². The number of unbranched alkanes of at least 4 members (excludes halogenated alkanes) is 8. The Morgan fingerprint density at radius 1 is 0.897 bits per heavy atom. The van der Waals surface area contributed by atoms with E-state index in [0.717, 1.165) is 43.3 Å². The van der Waals surface area contributed by atoms with Gasteiger partial charge in [-0.05, 0) is 44.4 Å². The Morgan fingerprint density at radius 3 is 2.00 bits per heavy atom. The van der Waals surface area contributed by atoms with E-state index in [1.165, 1.54) is 44.9 Å². The highest BCUT2D eigenvalue weighted by atomic mass is 32.2. The van der Waals surface area contributed by atoms with Gasteiger partial charge in [0.1, 0.15) is 6.54 Å². The van der Waals surface area contributed by atoms with Crippen molar-refractivity contribution in [3.05, 3.63) is 0 Å². The molecule has 0 aliphatic carbocycles. The van der Waals surface area contributed by atoms with Gasteiger partial charge >= 0.3 is 17.2 Å². The number of carbonyl (C=O) groups excluding carboxylic acids is 1.